The van der Waals surface area contributed by atoms with E-state index in [4.69, 9.17) is 5.10 Å². The van der Waals surface area contributed by atoms with Crippen LogP contribution in [0.1, 0.15) is 35.3 Å². The molecule has 1 atom stereocenters. The normalized spacial score (nSPS) is 15.4. The highest BCUT2D eigenvalue weighted by Crippen LogP contribution is 2.48. The van der Waals surface area contributed by atoms with Crippen molar-refractivity contribution in [1.29, 1.82) is 0 Å². The zero-order valence-electron chi connectivity index (χ0n) is 20.3. The number of rotatable bonds is 7. The van der Waals surface area contributed by atoms with Crippen LogP contribution in [0.3, 0.4) is 0 Å². The van der Waals surface area contributed by atoms with Gasteiger partial charge in [-0.1, -0.05) is 49.4 Å². The van der Waals surface area contributed by atoms with E-state index in [2.05, 4.69) is 28.2 Å². The second-order valence-electron chi connectivity index (χ2n) is 8.78. The Balaban J connectivity index is 1.77. The Morgan fingerprint density at radius 2 is 1.97 bits per heavy atom. The number of fused-ring (bicyclic) bond motifs is 1. The maximum Gasteiger partial charge on any atom is 0.240 e. The average molecular weight is 517 g/mol. The highest BCUT2D eigenvalue weighted by molar-refractivity contribution is 8.00. The van der Waals surface area contributed by atoms with Crippen molar-refractivity contribution in [3.63, 3.8) is 0 Å². The van der Waals surface area contributed by atoms with Gasteiger partial charge in [0.05, 0.1) is 22.4 Å². The number of hydrogen-bond donors (Lipinski definition) is 1. The van der Waals surface area contributed by atoms with Crippen LogP contribution in [0.4, 0.5) is 5.82 Å². The Hall–Kier alpha value is -3.36. The third-order valence-electron chi connectivity index (χ3n) is 6.10. The fourth-order valence-electron chi connectivity index (χ4n) is 4.42. The molecule has 2 aromatic heterocycles. The smallest absolute Gasteiger partial charge is 0.240 e. The summed E-state index contributed by atoms with van der Waals surface area (Å²) in [5.74, 6) is 0.669. The topological polar surface area (TPSA) is 67.2 Å². The molecule has 2 amide bonds. The summed E-state index contributed by atoms with van der Waals surface area (Å²) in [6.07, 6.45) is 0.834. The summed E-state index contributed by atoms with van der Waals surface area (Å²) >= 11 is 3.23. The molecule has 0 fully saturated rings. The van der Waals surface area contributed by atoms with Crippen LogP contribution in [0.25, 0.3) is 16.9 Å². The number of carbonyl (C=O) groups excluding carboxylic acids is 2. The summed E-state index contributed by atoms with van der Waals surface area (Å²) in [6, 6.07) is 20.3. The number of hydrogen-bond acceptors (Lipinski definition) is 5. The van der Waals surface area contributed by atoms with Gasteiger partial charge >= 0.3 is 0 Å². The Morgan fingerprint density at radius 1 is 1.14 bits per heavy atom. The van der Waals surface area contributed by atoms with Gasteiger partial charge in [-0.15, -0.1) is 11.8 Å². The number of aryl methyl sites for hydroxylation is 1. The third-order valence-corrected chi connectivity index (χ3v) is 8.06. The van der Waals surface area contributed by atoms with Gasteiger partial charge in [0, 0.05) is 17.7 Å². The highest BCUT2D eigenvalue weighted by atomic mass is 32.2. The van der Waals surface area contributed by atoms with Crippen molar-refractivity contribution in [2.45, 2.75) is 25.5 Å². The van der Waals surface area contributed by atoms with Crippen LogP contribution >= 0.6 is 23.1 Å². The summed E-state index contributed by atoms with van der Waals surface area (Å²) in [7, 11) is 0. The van der Waals surface area contributed by atoms with Crippen molar-refractivity contribution in [3.05, 3.63) is 88.1 Å². The molecule has 6 nitrogen and oxygen atoms in total. The monoisotopic (exact) mass is 516 g/mol. The number of nitrogens with one attached hydrogen (secondary N) is 1. The van der Waals surface area contributed by atoms with E-state index >= 15 is 0 Å². The van der Waals surface area contributed by atoms with Crippen LogP contribution < -0.4 is 10.2 Å². The second kappa shape index (κ2) is 10.7. The lowest BCUT2D eigenvalue weighted by molar-refractivity contribution is -0.122. The number of thiophene rings is 1. The lowest BCUT2D eigenvalue weighted by atomic mass is 10.0. The first-order valence-electron chi connectivity index (χ1n) is 12.0. The first kappa shape index (κ1) is 24.3. The fourth-order valence-corrected chi connectivity index (χ4v) is 6.38. The van der Waals surface area contributed by atoms with Gasteiger partial charge in [0.2, 0.25) is 11.8 Å². The quantitative estimate of drug-likeness (QED) is 0.347. The molecule has 1 aliphatic heterocycles. The van der Waals surface area contributed by atoms with E-state index < -0.39 is 0 Å². The molecule has 0 bridgehead atoms. The first-order chi connectivity index (χ1) is 17.6. The fraction of sp³-hybridized carbons (Fsp3) is 0.250. The van der Waals surface area contributed by atoms with Crippen molar-refractivity contribution in [1.82, 2.24) is 15.1 Å². The number of anilines is 1. The van der Waals surface area contributed by atoms with Crippen LogP contribution in [0, 0.1) is 6.92 Å². The lowest BCUT2D eigenvalue weighted by Crippen LogP contribution is -2.42. The molecule has 0 saturated heterocycles. The molecular formula is C28H28N4O2S2. The van der Waals surface area contributed by atoms with E-state index in [1.165, 1.54) is 0 Å². The van der Waals surface area contributed by atoms with Crippen LogP contribution in [0.2, 0.25) is 0 Å². The number of aromatic nitrogens is 2. The van der Waals surface area contributed by atoms with Crippen LogP contribution in [0.5, 0.6) is 0 Å². The Bertz CT molecular complexity index is 1370. The van der Waals surface area contributed by atoms with Gasteiger partial charge < -0.3 is 5.32 Å². The van der Waals surface area contributed by atoms with Crippen LogP contribution in [0.15, 0.2) is 71.4 Å². The largest absolute Gasteiger partial charge is 0.355 e. The van der Waals surface area contributed by atoms with E-state index in [1.54, 1.807) is 28.0 Å². The number of thioether (sulfide) groups is 1. The van der Waals surface area contributed by atoms with Crippen molar-refractivity contribution in [3.8, 4) is 16.9 Å². The maximum absolute atomic E-state index is 13.6. The summed E-state index contributed by atoms with van der Waals surface area (Å²) < 4.78 is 1.85. The SMILES string of the molecule is CCCNC(=O)CN1C(=O)CSC(c2ccsc2)c2c(-c3ccccc3)nn(-c3cccc(C)c3)c21. The molecule has 1 aliphatic rings. The maximum atomic E-state index is 13.6. The minimum Gasteiger partial charge on any atom is -0.355 e. The summed E-state index contributed by atoms with van der Waals surface area (Å²) in [5, 5.41) is 12.1. The zero-order chi connectivity index (χ0) is 25.1. The van der Waals surface area contributed by atoms with Crippen molar-refractivity contribution in [2.75, 3.05) is 23.7 Å². The molecular weight excluding hydrogens is 488 g/mol. The van der Waals surface area contributed by atoms with Gasteiger partial charge in [0.15, 0.2) is 0 Å². The van der Waals surface area contributed by atoms with E-state index in [1.807, 2.05) is 67.1 Å². The van der Waals surface area contributed by atoms with Crippen molar-refractivity contribution < 1.29 is 9.59 Å². The molecule has 0 aliphatic carbocycles. The molecule has 1 N–H and O–H groups in total. The molecule has 0 saturated carbocycles. The van der Waals surface area contributed by atoms with Gasteiger partial charge in [-0.2, -0.15) is 16.4 Å². The molecule has 0 spiro atoms. The summed E-state index contributed by atoms with van der Waals surface area (Å²) in [5.41, 5.74) is 5.85. The molecule has 2 aromatic carbocycles. The van der Waals surface area contributed by atoms with Gasteiger partial charge in [-0.05, 0) is 53.4 Å². The number of amides is 2. The molecule has 8 heteroatoms. The Kier molecular flexibility index (Phi) is 7.25. The predicted molar refractivity (Wildman–Crippen MR) is 148 cm³/mol. The molecule has 36 heavy (non-hydrogen) atoms. The summed E-state index contributed by atoms with van der Waals surface area (Å²) in [4.78, 5) is 28.1. The molecule has 0 radical (unpaired) electrons. The lowest BCUT2D eigenvalue weighted by Gasteiger charge is -2.23. The third kappa shape index (κ3) is 4.83. The van der Waals surface area contributed by atoms with E-state index in [-0.39, 0.29) is 29.4 Å². The highest BCUT2D eigenvalue weighted by Gasteiger charge is 2.37. The number of carbonyl (C=O) groups is 2. The van der Waals surface area contributed by atoms with E-state index in [0.717, 1.165) is 40.1 Å². The number of nitrogens with zero attached hydrogens (tertiary/aromatic N) is 3. The minimum absolute atomic E-state index is 0.0471. The standard InChI is InChI=1S/C28H28N4O2S2/c1-3-13-29-23(33)16-31-24(34)18-36-27(21-12-14-35-17-21)25-26(20-9-5-4-6-10-20)30-32(28(25)31)22-11-7-8-19(2)15-22/h4-12,14-15,17,27H,3,13,16,18H2,1-2H3,(H,29,33). The zero-order valence-corrected chi connectivity index (χ0v) is 21.9. The molecule has 4 aromatic rings. The van der Waals surface area contributed by atoms with Crippen molar-refractivity contribution in [2.24, 2.45) is 0 Å². The molecule has 184 valence electrons. The minimum atomic E-state index is -0.173. The van der Waals surface area contributed by atoms with Crippen LogP contribution in [-0.2, 0) is 9.59 Å². The Labute approximate surface area is 219 Å². The molecule has 1 unspecified atom stereocenters. The number of benzene rings is 2. The van der Waals surface area contributed by atoms with Gasteiger partial charge in [0.25, 0.3) is 0 Å². The molecule has 3 heterocycles. The van der Waals surface area contributed by atoms with E-state index in [9.17, 15) is 9.59 Å². The Morgan fingerprint density at radius 3 is 2.69 bits per heavy atom. The average Bonchev–Trinajstić information content (AvgIpc) is 3.53. The van der Waals surface area contributed by atoms with Crippen molar-refractivity contribution >= 4 is 40.7 Å². The second-order valence-corrected chi connectivity index (χ2v) is 10.7. The van der Waals surface area contributed by atoms with Crippen LogP contribution in [-0.4, -0.2) is 40.4 Å². The van der Waals surface area contributed by atoms with Gasteiger partial charge in [0.1, 0.15) is 12.4 Å². The summed E-state index contributed by atoms with van der Waals surface area (Å²) in [6.45, 7) is 4.58. The van der Waals surface area contributed by atoms with E-state index in [0.29, 0.717) is 12.4 Å². The first-order valence-corrected chi connectivity index (χ1v) is 14.0. The predicted octanol–water partition coefficient (Wildman–Crippen LogP) is 5.60. The molecule has 5 rings (SSSR count). The van der Waals surface area contributed by atoms with Gasteiger partial charge in [-0.3, -0.25) is 14.5 Å². The van der Waals surface area contributed by atoms with Gasteiger partial charge in [-0.25, -0.2) is 4.68 Å².